The third-order valence-electron chi connectivity index (χ3n) is 6.92. The van der Waals surface area contributed by atoms with E-state index in [4.69, 9.17) is 16.3 Å². The number of amides is 2. The van der Waals surface area contributed by atoms with Gasteiger partial charge in [-0.15, -0.1) is 0 Å². The Morgan fingerprint density at radius 2 is 1.57 bits per heavy atom. The van der Waals surface area contributed by atoms with Gasteiger partial charge in [0, 0.05) is 18.1 Å². The predicted octanol–water partition coefficient (Wildman–Crippen LogP) is 4.95. The average molecular weight is 604 g/mol. The Morgan fingerprint density at radius 1 is 0.905 bits per heavy atom. The van der Waals surface area contributed by atoms with E-state index >= 15 is 0 Å². The van der Waals surface area contributed by atoms with Crippen molar-refractivity contribution in [1.82, 2.24) is 9.62 Å². The zero-order valence-corrected chi connectivity index (χ0v) is 24.5. The third-order valence-corrected chi connectivity index (χ3v) is 8.98. The molecule has 1 aliphatic heterocycles. The lowest BCUT2D eigenvalue weighted by Gasteiger charge is -2.35. The van der Waals surface area contributed by atoms with Gasteiger partial charge in [0.05, 0.1) is 23.7 Å². The highest BCUT2D eigenvalue weighted by Gasteiger charge is 2.36. The van der Waals surface area contributed by atoms with Crippen molar-refractivity contribution in [2.45, 2.75) is 31.0 Å². The maximum atomic E-state index is 13.9. The highest BCUT2D eigenvalue weighted by Crippen LogP contribution is 2.34. The summed E-state index contributed by atoms with van der Waals surface area (Å²) in [7, 11) is -4.09. The summed E-state index contributed by atoms with van der Waals surface area (Å²) in [6.45, 7) is 1.70. The molecule has 0 fully saturated rings. The quantitative estimate of drug-likeness (QED) is 0.292. The first-order valence-corrected chi connectivity index (χ1v) is 15.2. The van der Waals surface area contributed by atoms with Crippen LogP contribution in [0.4, 0.5) is 5.69 Å². The van der Waals surface area contributed by atoms with Gasteiger partial charge in [-0.3, -0.25) is 9.59 Å². The monoisotopic (exact) mass is 603 g/mol. The van der Waals surface area contributed by atoms with Crippen LogP contribution in [0.15, 0.2) is 108 Å². The lowest BCUT2D eigenvalue weighted by atomic mass is 10.1. The standard InChI is InChI=1S/C32H30ClN3O5S/c1-23-11-13-25(14-12-23)20-35(42(39,40)27-17-15-26(33)16-18-27)22-31(37)36-21-30(41-29-10-6-5-9-28(29)36)32(38)34-19-24-7-3-2-4-8-24/h2-18,30H,19-22H2,1H3,(H,34,38). The summed E-state index contributed by atoms with van der Waals surface area (Å²) < 4.78 is 34.7. The molecule has 216 valence electrons. The van der Waals surface area contributed by atoms with E-state index in [1.54, 1.807) is 24.3 Å². The summed E-state index contributed by atoms with van der Waals surface area (Å²) in [5.41, 5.74) is 3.15. The Morgan fingerprint density at radius 3 is 2.29 bits per heavy atom. The number of carbonyl (C=O) groups excluding carboxylic acids is 2. The summed E-state index contributed by atoms with van der Waals surface area (Å²) in [6.07, 6.45) is -0.981. The average Bonchev–Trinajstić information content (AvgIpc) is 3.00. The summed E-state index contributed by atoms with van der Waals surface area (Å²) >= 11 is 6.00. The normalized spacial score (nSPS) is 14.6. The number of para-hydroxylation sites is 2. The Balaban J connectivity index is 1.40. The molecule has 10 heteroatoms. The number of hydrogen-bond acceptors (Lipinski definition) is 5. The molecule has 1 heterocycles. The molecule has 0 aliphatic carbocycles. The molecule has 0 aromatic heterocycles. The number of nitrogens with one attached hydrogen (secondary N) is 1. The van der Waals surface area contributed by atoms with Gasteiger partial charge >= 0.3 is 0 Å². The molecule has 0 radical (unpaired) electrons. The number of benzene rings is 4. The van der Waals surface area contributed by atoms with Crippen molar-refractivity contribution in [3.05, 3.63) is 125 Å². The smallest absolute Gasteiger partial charge is 0.263 e. The molecule has 0 spiro atoms. The van der Waals surface area contributed by atoms with E-state index in [9.17, 15) is 18.0 Å². The topological polar surface area (TPSA) is 96.0 Å². The minimum atomic E-state index is -4.09. The van der Waals surface area contributed by atoms with Crippen LogP contribution in [0.2, 0.25) is 5.02 Å². The Bertz CT molecular complexity index is 1660. The maximum absolute atomic E-state index is 13.9. The molecule has 4 aromatic carbocycles. The fourth-order valence-electron chi connectivity index (χ4n) is 4.62. The molecule has 8 nitrogen and oxygen atoms in total. The van der Waals surface area contributed by atoms with Crippen LogP contribution in [-0.4, -0.2) is 43.7 Å². The Labute approximate surface area is 250 Å². The highest BCUT2D eigenvalue weighted by molar-refractivity contribution is 7.89. The lowest BCUT2D eigenvalue weighted by Crippen LogP contribution is -2.52. The molecule has 1 N–H and O–H groups in total. The molecule has 4 aromatic rings. The number of aryl methyl sites for hydroxylation is 1. The number of fused-ring (bicyclic) bond motifs is 1. The van der Waals surface area contributed by atoms with E-state index < -0.39 is 28.6 Å². The van der Waals surface area contributed by atoms with Gasteiger partial charge in [-0.1, -0.05) is 83.9 Å². The van der Waals surface area contributed by atoms with Gasteiger partial charge in [-0.05, 0) is 54.4 Å². The van der Waals surface area contributed by atoms with Crippen molar-refractivity contribution in [1.29, 1.82) is 0 Å². The Kier molecular flexibility index (Phi) is 8.91. The van der Waals surface area contributed by atoms with Crippen LogP contribution in [0, 0.1) is 6.92 Å². The van der Waals surface area contributed by atoms with Crippen LogP contribution < -0.4 is 15.0 Å². The van der Waals surface area contributed by atoms with Crippen molar-refractivity contribution < 1.29 is 22.7 Å². The van der Waals surface area contributed by atoms with E-state index in [1.807, 2.05) is 61.5 Å². The van der Waals surface area contributed by atoms with E-state index in [-0.39, 0.29) is 23.9 Å². The van der Waals surface area contributed by atoms with Crippen molar-refractivity contribution in [2.75, 3.05) is 18.0 Å². The zero-order valence-electron chi connectivity index (χ0n) is 22.9. The molecule has 2 amide bonds. The van der Waals surface area contributed by atoms with Crippen molar-refractivity contribution in [2.24, 2.45) is 0 Å². The molecule has 0 saturated heterocycles. The predicted molar refractivity (Wildman–Crippen MR) is 162 cm³/mol. The van der Waals surface area contributed by atoms with Gasteiger partial charge < -0.3 is 15.0 Å². The van der Waals surface area contributed by atoms with Crippen LogP contribution in [0.25, 0.3) is 0 Å². The summed E-state index contributed by atoms with van der Waals surface area (Å²) in [6, 6.07) is 29.6. The first kappa shape index (κ1) is 29.3. The first-order valence-electron chi connectivity index (χ1n) is 13.4. The molecule has 42 heavy (non-hydrogen) atoms. The number of ether oxygens (including phenoxy) is 1. The molecule has 1 unspecified atom stereocenters. The second kappa shape index (κ2) is 12.8. The fraction of sp³-hybridized carbons (Fsp3) is 0.188. The van der Waals surface area contributed by atoms with Gasteiger partial charge in [0.1, 0.15) is 5.75 Å². The molecule has 5 rings (SSSR count). The number of rotatable bonds is 9. The van der Waals surface area contributed by atoms with Gasteiger partial charge in [0.2, 0.25) is 15.9 Å². The Hall–Kier alpha value is -4.18. The number of nitrogens with zero attached hydrogens (tertiary/aromatic N) is 2. The second-order valence-electron chi connectivity index (χ2n) is 9.99. The van der Waals surface area contributed by atoms with Gasteiger partial charge in [0.15, 0.2) is 6.10 Å². The number of carbonyl (C=O) groups is 2. The largest absolute Gasteiger partial charge is 0.477 e. The molecule has 1 aliphatic rings. The van der Waals surface area contributed by atoms with E-state index in [0.717, 1.165) is 21.0 Å². The van der Waals surface area contributed by atoms with Gasteiger partial charge in [0.25, 0.3) is 5.91 Å². The van der Waals surface area contributed by atoms with E-state index in [0.29, 0.717) is 23.0 Å². The number of hydrogen-bond donors (Lipinski definition) is 1. The van der Waals surface area contributed by atoms with E-state index in [1.165, 1.54) is 29.2 Å². The zero-order chi connectivity index (χ0) is 29.7. The van der Waals surface area contributed by atoms with Crippen molar-refractivity contribution >= 4 is 39.1 Å². The SMILES string of the molecule is Cc1ccc(CN(CC(=O)N2CC(C(=O)NCc3ccccc3)Oc3ccccc32)S(=O)(=O)c2ccc(Cl)cc2)cc1. The third kappa shape index (κ3) is 6.82. The maximum Gasteiger partial charge on any atom is 0.263 e. The molecule has 0 saturated carbocycles. The highest BCUT2D eigenvalue weighted by atomic mass is 35.5. The summed E-state index contributed by atoms with van der Waals surface area (Å²) in [5.74, 6) is -0.504. The van der Waals surface area contributed by atoms with Crippen molar-refractivity contribution in [3.63, 3.8) is 0 Å². The van der Waals surface area contributed by atoms with Crippen molar-refractivity contribution in [3.8, 4) is 5.75 Å². The molecule has 1 atom stereocenters. The van der Waals surface area contributed by atoms with Gasteiger partial charge in [-0.25, -0.2) is 8.42 Å². The first-order chi connectivity index (χ1) is 20.2. The lowest BCUT2D eigenvalue weighted by molar-refractivity contribution is -0.128. The van der Waals surface area contributed by atoms with Gasteiger partial charge in [-0.2, -0.15) is 4.31 Å². The number of anilines is 1. The van der Waals surface area contributed by atoms with Crippen LogP contribution in [0.3, 0.4) is 0 Å². The van der Waals surface area contributed by atoms with Crippen LogP contribution in [-0.2, 0) is 32.7 Å². The molecule has 0 bridgehead atoms. The van der Waals surface area contributed by atoms with Crippen LogP contribution in [0.5, 0.6) is 5.75 Å². The number of sulfonamides is 1. The fourth-order valence-corrected chi connectivity index (χ4v) is 6.12. The second-order valence-corrected chi connectivity index (χ2v) is 12.4. The molecular formula is C32H30ClN3O5S. The minimum absolute atomic E-state index is 0.0207. The summed E-state index contributed by atoms with van der Waals surface area (Å²) in [5, 5.41) is 3.27. The summed E-state index contributed by atoms with van der Waals surface area (Å²) in [4.78, 5) is 28.5. The van der Waals surface area contributed by atoms with Crippen LogP contribution in [0.1, 0.15) is 16.7 Å². The number of halogens is 1. The minimum Gasteiger partial charge on any atom is -0.477 e. The molecular weight excluding hydrogens is 574 g/mol. The van der Waals surface area contributed by atoms with E-state index in [2.05, 4.69) is 5.32 Å². The van der Waals surface area contributed by atoms with Crippen LogP contribution >= 0.6 is 11.6 Å².